The third-order valence-corrected chi connectivity index (χ3v) is 5.22. The molecule has 4 heteroatoms. The molecule has 0 N–H and O–H groups in total. The van der Waals surface area contributed by atoms with Crippen LogP contribution in [0.1, 0.15) is 23.6 Å². The lowest BCUT2D eigenvalue weighted by molar-refractivity contribution is -0.122. The number of carbonyl (C=O) groups is 2. The molecule has 0 aliphatic carbocycles. The summed E-state index contributed by atoms with van der Waals surface area (Å²) in [5, 5.41) is 0. The molecule has 0 saturated carbocycles. The van der Waals surface area contributed by atoms with Crippen LogP contribution in [0.4, 0.5) is 5.69 Å². The van der Waals surface area contributed by atoms with Crippen LogP contribution in [0.15, 0.2) is 46.9 Å². The number of rotatable bonds is 3. The maximum atomic E-state index is 12.9. The standard InChI is InChI=1S/C20H20BrNO2/c1-12-4-6-15(7-5-12)11-17-14(3)19(23)22(20(17)24)18-9-8-16(21)10-13(18)2/h4-10,14,17H,11H2,1-3H3. The van der Waals surface area contributed by atoms with Crippen LogP contribution in [-0.2, 0) is 16.0 Å². The number of imide groups is 1. The summed E-state index contributed by atoms with van der Waals surface area (Å²) in [4.78, 5) is 27.0. The second kappa shape index (κ2) is 6.52. The van der Waals surface area contributed by atoms with Gasteiger partial charge >= 0.3 is 0 Å². The van der Waals surface area contributed by atoms with E-state index in [1.807, 2.05) is 63.2 Å². The summed E-state index contributed by atoms with van der Waals surface area (Å²) in [5.41, 5.74) is 3.88. The van der Waals surface area contributed by atoms with Crippen molar-refractivity contribution in [1.29, 1.82) is 0 Å². The Morgan fingerprint density at radius 2 is 1.67 bits per heavy atom. The third kappa shape index (κ3) is 3.03. The van der Waals surface area contributed by atoms with E-state index in [2.05, 4.69) is 15.9 Å². The second-order valence-electron chi connectivity index (χ2n) is 6.53. The lowest BCUT2D eigenvalue weighted by atomic mass is 9.90. The number of hydrogen-bond donors (Lipinski definition) is 0. The Hall–Kier alpha value is -1.94. The van der Waals surface area contributed by atoms with Crippen molar-refractivity contribution in [3.8, 4) is 0 Å². The van der Waals surface area contributed by atoms with Gasteiger partial charge in [0, 0.05) is 10.4 Å². The first kappa shape index (κ1) is 16.9. The monoisotopic (exact) mass is 385 g/mol. The van der Waals surface area contributed by atoms with Crippen molar-refractivity contribution in [2.75, 3.05) is 4.90 Å². The van der Waals surface area contributed by atoms with Crippen LogP contribution < -0.4 is 4.90 Å². The quantitative estimate of drug-likeness (QED) is 0.732. The summed E-state index contributed by atoms with van der Waals surface area (Å²) in [5.74, 6) is -0.814. The summed E-state index contributed by atoms with van der Waals surface area (Å²) >= 11 is 3.42. The van der Waals surface area contributed by atoms with Crippen molar-refractivity contribution in [2.45, 2.75) is 27.2 Å². The largest absolute Gasteiger partial charge is 0.274 e. The fourth-order valence-electron chi connectivity index (χ4n) is 3.21. The number of benzene rings is 2. The fraction of sp³-hybridized carbons (Fsp3) is 0.300. The molecule has 2 unspecified atom stereocenters. The van der Waals surface area contributed by atoms with E-state index in [4.69, 9.17) is 0 Å². The highest BCUT2D eigenvalue weighted by Gasteiger charge is 2.45. The van der Waals surface area contributed by atoms with Crippen molar-refractivity contribution in [1.82, 2.24) is 0 Å². The second-order valence-corrected chi connectivity index (χ2v) is 7.44. The van der Waals surface area contributed by atoms with Gasteiger partial charge in [0.1, 0.15) is 0 Å². The summed E-state index contributed by atoms with van der Waals surface area (Å²) in [7, 11) is 0. The van der Waals surface area contributed by atoms with Crippen LogP contribution >= 0.6 is 15.9 Å². The Balaban J connectivity index is 1.90. The normalized spacial score (nSPS) is 20.8. The predicted molar refractivity (Wildman–Crippen MR) is 98.9 cm³/mol. The maximum Gasteiger partial charge on any atom is 0.238 e. The number of amides is 2. The summed E-state index contributed by atoms with van der Waals surface area (Å²) in [6, 6.07) is 13.8. The molecule has 124 valence electrons. The molecule has 1 fully saturated rings. The van der Waals surface area contributed by atoms with Gasteiger partial charge < -0.3 is 0 Å². The Morgan fingerprint density at radius 3 is 2.29 bits per heavy atom. The zero-order chi connectivity index (χ0) is 17.4. The highest BCUT2D eigenvalue weighted by Crippen LogP contribution is 2.35. The molecule has 1 aliphatic heterocycles. The summed E-state index contributed by atoms with van der Waals surface area (Å²) < 4.78 is 0.937. The topological polar surface area (TPSA) is 37.4 Å². The molecule has 2 aromatic rings. The Labute approximate surface area is 150 Å². The van der Waals surface area contributed by atoms with Crippen molar-refractivity contribution in [3.05, 3.63) is 63.6 Å². The number of nitrogens with zero attached hydrogens (tertiary/aromatic N) is 1. The molecule has 1 heterocycles. The van der Waals surface area contributed by atoms with Crippen LogP contribution in [0.25, 0.3) is 0 Å². The van der Waals surface area contributed by atoms with Gasteiger partial charge in [-0.1, -0.05) is 52.7 Å². The molecule has 2 aromatic carbocycles. The van der Waals surface area contributed by atoms with Gasteiger partial charge in [0.15, 0.2) is 0 Å². The van der Waals surface area contributed by atoms with Gasteiger partial charge in [0.25, 0.3) is 0 Å². The third-order valence-electron chi connectivity index (χ3n) is 4.73. The molecule has 0 radical (unpaired) electrons. The summed E-state index contributed by atoms with van der Waals surface area (Å²) in [6.45, 7) is 5.81. The van der Waals surface area contributed by atoms with Crippen molar-refractivity contribution >= 4 is 33.4 Å². The zero-order valence-electron chi connectivity index (χ0n) is 14.0. The fourth-order valence-corrected chi connectivity index (χ4v) is 3.69. The van der Waals surface area contributed by atoms with E-state index in [-0.39, 0.29) is 23.7 Å². The number of aryl methyl sites for hydroxylation is 2. The molecule has 0 aromatic heterocycles. The number of carbonyl (C=O) groups excluding carboxylic acids is 2. The first-order chi connectivity index (χ1) is 11.4. The van der Waals surface area contributed by atoms with Gasteiger partial charge in [-0.05, 0) is 49.6 Å². The van der Waals surface area contributed by atoms with Gasteiger partial charge in [-0.3, -0.25) is 9.59 Å². The van der Waals surface area contributed by atoms with Crippen LogP contribution in [-0.4, -0.2) is 11.8 Å². The molecule has 1 saturated heterocycles. The zero-order valence-corrected chi connectivity index (χ0v) is 15.6. The molecule has 3 nitrogen and oxygen atoms in total. The van der Waals surface area contributed by atoms with Crippen molar-refractivity contribution < 1.29 is 9.59 Å². The van der Waals surface area contributed by atoms with E-state index < -0.39 is 0 Å². The highest BCUT2D eigenvalue weighted by atomic mass is 79.9. The lowest BCUT2D eigenvalue weighted by Gasteiger charge is -2.17. The Morgan fingerprint density at radius 1 is 1.00 bits per heavy atom. The Bertz CT molecular complexity index is 798. The molecular formula is C20H20BrNO2. The molecule has 2 atom stereocenters. The van der Waals surface area contributed by atoms with Crippen molar-refractivity contribution in [3.63, 3.8) is 0 Å². The van der Waals surface area contributed by atoms with Gasteiger partial charge in [-0.25, -0.2) is 4.90 Å². The van der Waals surface area contributed by atoms with Gasteiger partial charge in [-0.2, -0.15) is 0 Å². The molecular weight excluding hydrogens is 366 g/mol. The van der Waals surface area contributed by atoms with E-state index in [1.165, 1.54) is 10.5 Å². The van der Waals surface area contributed by atoms with Crippen LogP contribution in [0.2, 0.25) is 0 Å². The number of anilines is 1. The van der Waals surface area contributed by atoms with Gasteiger partial charge in [0.05, 0.1) is 11.6 Å². The molecule has 24 heavy (non-hydrogen) atoms. The predicted octanol–water partition coefficient (Wildman–Crippen LogP) is 4.43. The average Bonchev–Trinajstić information content (AvgIpc) is 2.74. The molecule has 3 rings (SSSR count). The van der Waals surface area contributed by atoms with E-state index >= 15 is 0 Å². The smallest absolute Gasteiger partial charge is 0.238 e. The molecule has 0 bridgehead atoms. The van der Waals surface area contributed by atoms with Gasteiger partial charge in [0.2, 0.25) is 11.8 Å². The molecule has 0 spiro atoms. The van der Waals surface area contributed by atoms with E-state index in [1.54, 1.807) is 0 Å². The van der Waals surface area contributed by atoms with Gasteiger partial charge in [-0.15, -0.1) is 0 Å². The van der Waals surface area contributed by atoms with Crippen molar-refractivity contribution in [2.24, 2.45) is 11.8 Å². The minimum absolute atomic E-state index is 0.0986. The minimum Gasteiger partial charge on any atom is -0.274 e. The lowest BCUT2D eigenvalue weighted by Crippen LogP contribution is -2.31. The van der Waals surface area contributed by atoms with E-state index in [0.29, 0.717) is 12.1 Å². The summed E-state index contributed by atoms with van der Waals surface area (Å²) in [6.07, 6.45) is 0.595. The number of halogens is 1. The Kier molecular flexibility index (Phi) is 4.59. The highest BCUT2D eigenvalue weighted by molar-refractivity contribution is 9.10. The SMILES string of the molecule is Cc1ccc(CC2C(=O)N(c3ccc(Br)cc3C)C(=O)C2C)cc1. The average molecular weight is 386 g/mol. The first-order valence-electron chi connectivity index (χ1n) is 8.08. The molecule has 2 amide bonds. The van der Waals surface area contributed by atoms with Crippen LogP contribution in [0.5, 0.6) is 0 Å². The maximum absolute atomic E-state index is 12.9. The first-order valence-corrected chi connectivity index (χ1v) is 8.87. The van der Waals surface area contributed by atoms with E-state index in [9.17, 15) is 9.59 Å². The van der Waals surface area contributed by atoms with E-state index in [0.717, 1.165) is 15.6 Å². The molecule has 1 aliphatic rings. The number of hydrogen-bond acceptors (Lipinski definition) is 2. The van der Waals surface area contributed by atoms with Crippen LogP contribution in [0.3, 0.4) is 0 Å². The van der Waals surface area contributed by atoms with Crippen LogP contribution in [0, 0.1) is 25.7 Å². The minimum atomic E-state index is -0.304.